The third-order valence-corrected chi connectivity index (χ3v) is 1.49. The third-order valence-electron chi connectivity index (χ3n) is 1.49. The Balaban J connectivity index is 3.06. The maximum atomic E-state index is 13.1. The van der Waals surface area contributed by atoms with Gasteiger partial charge in [-0.15, -0.1) is 13.2 Å². The van der Waals surface area contributed by atoms with Gasteiger partial charge in [0, 0.05) is 12.1 Å². The normalized spacial score (nSPS) is 11.7. The van der Waals surface area contributed by atoms with Gasteiger partial charge in [-0.25, -0.2) is 4.39 Å². The Kier molecular flexibility index (Phi) is 3.59. The highest BCUT2D eigenvalue weighted by Crippen LogP contribution is 2.32. The van der Waals surface area contributed by atoms with Gasteiger partial charge in [-0.05, 0) is 0 Å². The summed E-state index contributed by atoms with van der Waals surface area (Å²) in [5, 5.41) is 0. The maximum Gasteiger partial charge on any atom is 0.573 e. The Morgan fingerprint density at radius 1 is 1.18 bits per heavy atom. The molecule has 0 heterocycles. The van der Waals surface area contributed by atoms with Crippen LogP contribution in [0.3, 0.4) is 0 Å². The first-order chi connectivity index (χ1) is 7.69. The van der Waals surface area contributed by atoms with Crippen molar-refractivity contribution in [2.24, 2.45) is 0 Å². The molecule has 96 valence electrons. The van der Waals surface area contributed by atoms with Crippen LogP contribution in [0.1, 0.15) is 0 Å². The van der Waals surface area contributed by atoms with E-state index in [0.29, 0.717) is 12.1 Å². The minimum absolute atomic E-state index is 0.325. The van der Waals surface area contributed by atoms with Crippen molar-refractivity contribution in [2.45, 2.75) is 13.0 Å². The van der Waals surface area contributed by atoms with E-state index in [9.17, 15) is 26.3 Å². The van der Waals surface area contributed by atoms with Crippen LogP contribution in [0.25, 0.3) is 0 Å². The summed E-state index contributed by atoms with van der Waals surface area (Å²) in [4.78, 5) is 0. The van der Waals surface area contributed by atoms with Crippen molar-refractivity contribution >= 4 is 5.69 Å². The lowest BCUT2D eigenvalue weighted by Gasteiger charge is -2.12. The highest BCUT2D eigenvalue weighted by molar-refractivity contribution is 5.52. The molecule has 0 radical (unpaired) electrons. The molecule has 1 aromatic rings. The van der Waals surface area contributed by atoms with Crippen LogP contribution in [-0.4, -0.2) is 13.0 Å². The zero-order valence-corrected chi connectivity index (χ0v) is 7.89. The minimum Gasteiger partial charge on any atom is -0.431 e. The van der Waals surface area contributed by atoms with Crippen LogP contribution >= 0.6 is 0 Å². The summed E-state index contributed by atoms with van der Waals surface area (Å²) < 4.78 is 79.2. The van der Waals surface area contributed by atoms with Gasteiger partial charge in [-0.2, -0.15) is 8.78 Å². The van der Waals surface area contributed by atoms with Gasteiger partial charge in [0.25, 0.3) is 0 Å². The van der Waals surface area contributed by atoms with Crippen molar-refractivity contribution in [1.82, 2.24) is 0 Å². The molecule has 2 N–H and O–H groups in total. The molecule has 0 atom stereocenters. The van der Waals surface area contributed by atoms with Gasteiger partial charge < -0.3 is 15.2 Å². The van der Waals surface area contributed by atoms with E-state index in [2.05, 4.69) is 9.47 Å². The second-order valence-corrected chi connectivity index (χ2v) is 2.75. The first-order valence-corrected chi connectivity index (χ1v) is 3.98. The van der Waals surface area contributed by atoms with Crippen molar-refractivity contribution in [1.29, 1.82) is 0 Å². The summed E-state index contributed by atoms with van der Waals surface area (Å²) in [5.41, 5.74) is 4.17. The van der Waals surface area contributed by atoms with Crippen LogP contribution in [0, 0.1) is 5.82 Å². The lowest BCUT2D eigenvalue weighted by atomic mass is 10.2. The molecule has 17 heavy (non-hydrogen) atoms. The molecule has 0 saturated heterocycles. The molecular formula is C8H5F6NO2. The SMILES string of the molecule is Nc1cc(OC(F)(F)F)cc(OC(F)F)c1F. The number of nitrogens with two attached hydrogens (primary N) is 1. The average molecular weight is 261 g/mol. The topological polar surface area (TPSA) is 44.5 Å². The largest absolute Gasteiger partial charge is 0.573 e. The van der Waals surface area contributed by atoms with Gasteiger partial charge in [0.05, 0.1) is 5.69 Å². The second kappa shape index (κ2) is 4.60. The van der Waals surface area contributed by atoms with E-state index in [1.165, 1.54) is 0 Å². The molecular weight excluding hydrogens is 256 g/mol. The van der Waals surface area contributed by atoms with E-state index in [1.54, 1.807) is 0 Å². The number of rotatable bonds is 3. The number of alkyl halides is 5. The van der Waals surface area contributed by atoms with Gasteiger partial charge in [0.15, 0.2) is 11.6 Å². The summed E-state index contributed by atoms with van der Waals surface area (Å²) in [5.74, 6) is -3.47. The predicted octanol–water partition coefficient (Wildman–Crippen LogP) is 2.91. The van der Waals surface area contributed by atoms with Gasteiger partial charge >= 0.3 is 13.0 Å². The Bertz CT molecular complexity index is 406. The first-order valence-electron chi connectivity index (χ1n) is 3.98. The molecule has 0 fully saturated rings. The first kappa shape index (κ1) is 13.3. The standard InChI is InChI=1S/C8H5F6NO2/c9-6-4(15)1-3(17-8(12,13)14)2-5(6)16-7(10)11/h1-2,7H,15H2. The Labute approximate surface area is 90.7 Å². The average Bonchev–Trinajstić information content (AvgIpc) is 2.09. The predicted molar refractivity (Wildman–Crippen MR) is 44.1 cm³/mol. The molecule has 0 unspecified atom stereocenters. The van der Waals surface area contributed by atoms with Crippen LogP contribution in [0.4, 0.5) is 32.0 Å². The molecule has 3 nitrogen and oxygen atoms in total. The van der Waals surface area contributed by atoms with E-state index >= 15 is 0 Å². The van der Waals surface area contributed by atoms with E-state index in [4.69, 9.17) is 5.73 Å². The summed E-state index contributed by atoms with van der Waals surface area (Å²) >= 11 is 0. The Morgan fingerprint density at radius 2 is 1.76 bits per heavy atom. The fraction of sp³-hybridized carbons (Fsp3) is 0.250. The van der Waals surface area contributed by atoms with E-state index in [1.807, 2.05) is 0 Å². The molecule has 0 aliphatic heterocycles. The minimum atomic E-state index is -5.05. The molecule has 0 aliphatic rings. The third kappa shape index (κ3) is 3.93. The molecule has 0 bridgehead atoms. The number of benzene rings is 1. The van der Waals surface area contributed by atoms with Crippen LogP contribution < -0.4 is 15.2 Å². The van der Waals surface area contributed by atoms with Crippen molar-refractivity contribution < 1.29 is 35.8 Å². The summed E-state index contributed by atoms with van der Waals surface area (Å²) in [6, 6.07) is 0.826. The fourth-order valence-corrected chi connectivity index (χ4v) is 0.967. The van der Waals surface area contributed by atoms with Crippen molar-refractivity contribution in [3.63, 3.8) is 0 Å². The zero-order valence-electron chi connectivity index (χ0n) is 7.89. The monoisotopic (exact) mass is 261 g/mol. The molecule has 0 amide bonds. The van der Waals surface area contributed by atoms with Crippen molar-refractivity contribution in [3.05, 3.63) is 17.9 Å². The number of halogens is 6. The van der Waals surface area contributed by atoms with Crippen LogP contribution in [-0.2, 0) is 0 Å². The Hall–Kier alpha value is -1.80. The molecule has 0 aliphatic carbocycles. The highest BCUT2D eigenvalue weighted by atomic mass is 19.4. The highest BCUT2D eigenvalue weighted by Gasteiger charge is 2.32. The van der Waals surface area contributed by atoms with Gasteiger partial charge in [-0.3, -0.25) is 0 Å². The van der Waals surface area contributed by atoms with Crippen molar-refractivity contribution in [2.75, 3.05) is 5.73 Å². The number of nitrogen functional groups attached to an aromatic ring is 1. The molecule has 0 spiro atoms. The lowest BCUT2D eigenvalue weighted by molar-refractivity contribution is -0.274. The summed E-state index contributed by atoms with van der Waals surface area (Å²) in [7, 11) is 0. The lowest BCUT2D eigenvalue weighted by Crippen LogP contribution is -2.17. The van der Waals surface area contributed by atoms with E-state index in [-0.39, 0.29) is 0 Å². The number of hydrogen-bond donors (Lipinski definition) is 1. The second-order valence-electron chi connectivity index (χ2n) is 2.75. The number of hydrogen-bond acceptors (Lipinski definition) is 3. The zero-order chi connectivity index (χ0) is 13.2. The fourth-order valence-electron chi connectivity index (χ4n) is 0.967. The van der Waals surface area contributed by atoms with Gasteiger partial charge in [-0.1, -0.05) is 0 Å². The summed E-state index contributed by atoms with van der Waals surface area (Å²) in [6.07, 6.45) is -5.05. The number of anilines is 1. The van der Waals surface area contributed by atoms with Crippen LogP contribution in [0.2, 0.25) is 0 Å². The van der Waals surface area contributed by atoms with Gasteiger partial charge in [0.2, 0.25) is 0 Å². The molecule has 1 rings (SSSR count). The van der Waals surface area contributed by atoms with Crippen molar-refractivity contribution in [3.8, 4) is 11.5 Å². The maximum absolute atomic E-state index is 13.1. The van der Waals surface area contributed by atoms with Crippen LogP contribution in [0.5, 0.6) is 11.5 Å². The quantitative estimate of drug-likeness (QED) is 0.672. The summed E-state index contributed by atoms with van der Waals surface area (Å²) in [6.45, 7) is -3.40. The van der Waals surface area contributed by atoms with Crippen LogP contribution in [0.15, 0.2) is 12.1 Å². The molecule has 0 aromatic heterocycles. The molecule has 9 heteroatoms. The number of ether oxygens (including phenoxy) is 2. The smallest absolute Gasteiger partial charge is 0.431 e. The molecule has 1 aromatic carbocycles. The molecule has 0 saturated carbocycles. The van der Waals surface area contributed by atoms with E-state index < -0.39 is 36.0 Å². The van der Waals surface area contributed by atoms with Gasteiger partial charge in [0.1, 0.15) is 5.75 Å². The van der Waals surface area contributed by atoms with E-state index in [0.717, 1.165) is 0 Å². The Morgan fingerprint density at radius 3 is 2.24 bits per heavy atom.